The second kappa shape index (κ2) is 7.79. The number of morpholine rings is 1. The minimum Gasteiger partial charge on any atom is -0.379 e. The summed E-state index contributed by atoms with van der Waals surface area (Å²) in [6, 6.07) is 0. The highest BCUT2D eigenvalue weighted by molar-refractivity contribution is 9.10. The Morgan fingerprint density at radius 3 is 2.03 bits per heavy atom. The van der Waals surface area contributed by atoms with Gasteiger partial charge in [0.05, 0.1) is 19.8 Å². The summed E-state index contributed by atoms with van der Waals surface area (Å²) in [5.41, 5.74) is 0.230. The van der Waals surface area contributed by atoms with Gasteiger partial charge in [-0.05, 0) is 55.8 Å². The summed E-state index contributed by atoms with van der Waals surface area (Å²) in [5, 5.41) is 0. The van der Waals surface area contributed by atoms with E-state index in [2.05, 4.69) is 20.8 Å². The number of ether oxygens (including phenoxy) is 1. The highest BCUT2D eigenvalue weighted by atomic mass is 79.9. The van der Waals surface area contributed by atoms with Crippen LogP contribution >= 0.6 is 15.9 Å². The smallest absolute Gasteiger partial charge is 0.236 e. The van der Waals surface area contributed by atoms with E-state index in [1.165, 1.54) is 38.5 Å². The molecule has 0 radical (unpaired) electrons. The maximum atomic E-state index is 13.2. The second-order valence-electron chi connectivity index (χ2n) is 10.4. The number of piperazine rings is 1. The summed E-state index contributed by atoms with van der Waals surface area (Å²) >= 11 is 4.06. The molecule has 2 aliphatic heterocycles. The Bertz CT molecular complexity index is 644. The van der Waals surface area contributed by atoms with Crippen molar-refractivity contribution in [2.75, 3.05) is 59.0 Å². The van der Waals surface area contributed by atoms with Gasteiger partial charge in [-0.1, -0.05) is 15.9 Å². The van der Waals surface area contributed by atoms with Crippen LogP contribution in [0.25, 0.3) is 0 Å². The lowest BCUT2D eigenvalue weighted by Gasteiger charge is -2.60. The molecule has 7 heteroatoms. The molecule has 0 aromatic heterocycles. The van der Waals surface area contributed by atoms with Crippen molar-refractivity contribution >= 4 is 27.7 Å². The number of alkyl halides is 1. The second-order valence-corrected chi connectivity index (χ2v) is 12.1. The molecule has 4 aliphatic carbocycles. The van der Waals surface area contributed by atoms with Crippen LogP contribution in [0.3, 0.4) is 0 Å². The highest BCUT2D eigenvalue weighted by Crippen LogP contribution is 2.65. The molecule has 6 aliphatic rings. The minimum atomic E-state index is 0.196. The van der Waals surface area contributed by atoms with Crippen LogP contribution in [0.4, 0.5) is 0 Å². The monoisotopic (exact) mass is 467 g/mol. The Balaban J connectivity index is 1.12. The average molecular weight is 468 g/mol. The molecule has 2 heterocycles. The summed E-state index contributed by atoms with van der Waals surface area (Å²) in [4.78, 5) is 31.9. The van der Waals surface area contributed by atoms with Crippen LogP contribution in [0.1, 0.15) is 44.9 Å². The van der Waals surface area contributed by atoms with Crippen LogP contribution in [0.15, 0.2) is 0 Å². The van der Waals surface area contributed by atoms with Crippen molar-refractivity contribution in [3.05, 3.63) is 0 Å². The first kappa shape index (κ1) is 20.3. The third-order valence-electron chi connectivity index (χ3n) is 8.08. The Kier molecular flexibility index (Phi) is 5.44. The van der Waals surface area contributed by atoms with Crippen molar-refractivity contribution in [3.63, 3.8) is 0 Å². The van der Waals surface area contributed by atoms with E-state index < -0.39 is 0 Å². The predicted octanol–water partition coefficient (Wildman–Crippen LogP) is 2.11. The van der Waals surface area contributed by atoms with Gasteiger partial charge in [0.1, 0.15) is 0 Å². The predicted molar refractivity (Wildman–Crippen MR) is 114 cm³/mol. The van der Waals surface area contributed by atoms with Crippen LogP contribution in [-0.4, -0.2) is 89.9 Å². The molecular formula is C22H34BrN3O3. The first-order valence-electron chi connectivity index (χ1n) is 11.5. The molecule has 0 N–H and O–H groups in total. The van der Waals surface area contributed by atoms with Crippen LogP contribution in [-0.2, 0) is 14.3 Å². The van der Waals surface area contributed by atoms with Crippen molar-refractivity contribution in [1.29, 1.82) is 0 Å². The van der Waals surface area contributed by atoms with Crippen molar-refractivity contribution in [2.24, 2.45) is 17.3 Å². The molecule has 6 rings (SSSR count). The van der Waals surface area contributed by atoms with E-state index in [0.29, 0.717) is 56.2 Å². The molecule has 4 saturated carbocycles. The maximum Gasteiger partial charge on any atom is 0.236 e. The Morgan fingerprint density at radius 2 is 1.45 bits per heavy atom. The molecule has 4 bridgehead atoms. The molecule has 6 nitrogen and oxygen atoms in total. The lowest BCUT2D eigenvalue weighted by atomic mass is 9.48. The third-order valence-corrected chi connectivity index (χ3v) is 9.01. The molecule has 2 amide bonds. The van der Waals surface area contributed by atoms with Crippen molar-refractivity contribution < 1.29 is 14.3 Å². The van der Waals surface area contributed by atoms with Gasteiger partial charge >= 0.3 is 0 Å². The van der Waals surface area contributed by atoms with Gasteiger partial charge < -0.3 is 14.5 Å². The number of carbonyl (C=O) groups excluding carboxylic acids is 2. The van der Waals surface area contributed by atoms with Crippen molar-refractivity contribution in [3.8, 4) is 0 Å². The lowest BCUT2D eigenvalue weighted by Crippen LogP contribution is -2.56. The van der Waals surface area contributed by atoms with E-state index in [1.54, 1.807) is 0 Å². The lowest BCUT2D eigenvalue weighted by molar-refractivity contribution is -0.144. The van der Waals surface area contributed by atoms with Gasteiger partial charge in [-0.25, -0.2) is 0 Å². The normalized spacial score (nSPS) is 39.8. The molecule has 2 saturated heterocycles. The number of nitrogens with zero attached hydrogens (tertiary/aromatic N) is 3. The number of rotatable bonds is 4. The van der Waals surface area contributed by atoms with Gasteiger partial charge in [-0.15, -0.1) is 0 Å². The van der Waals surface area contributed by atoms with E-state index in [0.717, 1.165) is 31.3 Å². The minimum absolute atomic E-state index is 0.196. The largest absolute Gasteiger partial charge is 0.379 e. The average Bonchev–Trinajstić information content (AvgIpc) is 2.66. The van der Waals surface area contributed by atoms with E-state index >= 15 is 0 Å². The number of amides is 2. The van der Waals surface area contributed by atoms with Crippen LogP contribution in [0.5, 0.6) is 0 Å². The molecule has 6 fully saturated rings. The number of halogens is 1. The zero-order chi connectivity index (χ0) is 20.1. The summed E-state index contributed by atoms with van der Waals surface area (Å²) in [6.45, 7) is 6.32. The molecule has 0 spiro atoms. The topological polar surface area (TPSA) is 53.1 Å². The van der Waals surface area contributed by atoms with E-state index in [4.69, 9.17) is 4.74 Å². The fraction of sp³-hybridized carbons (Fsp3) is 0.909. The highest BCUT2D eigenvalue weighted by Gasteiger charge is 2.57. The first-order valence-corrected chi connectivity index (χ1v) is 12.3. The fourth-order valence-corrected chi connectivity index (χ4v) is 8.74. The Hall–Kier alpha value is -0.660. The Labute approximate surface area is 182 Å². The van der Waals surface area contributed by atoms with Gasteiger partial charge in [0.15, 0.2) is 0 Å². The van der Waals surface area contributed by atoms with Crippen molar-refractivity contribution in [1.82, 2.24) is 14.7 Å². The van der Waals surface area contributed by atoms with Gasteiger partial charge in [0.2, 0.25) is 11.8 Å². The van der Waals surface area contributed by atoms with E-state index in [9.17, 15) is 9.59 Å². The third kappa shape index (κ3) is 4.24. The maximum absolute atomic E-state index is 13.2. The van der Waals surface area contributed by atoms with Gasteiger partial charge in [-0.2, -0.15) is 0 Å². The zero-order valence-electron chi connectivity index (χ0n) is 17.4. The summed E-state index contributed by atoms with van der Waals surface area (Å²) in [5.74, 6) is 2.15. The first-order chi connectivity index (χ1) is 13.9. The molecule has 29 heavy (non-hydrogen) atoms. The molecule has 0 aromatic carbocycles. The summed E-state index contributed by atoms with van der Waals surface area (Å²) in [7, 11) is 0. The number of carbonyl (C=O) groups is 2. The van der Waals surface area contributed by atoms with Crippen LogP contribution in [0, 0.1) is 17.3 Å². The van der Waals surface area contributed by atoms with E-state index in [-0.39, 0.29) is 11.3 Å². The summed E-state index contributed by atoms with van der Waals surface area (Å²) < 4.78 is 5.67. The molecule has 2 atom stereocenters. The molecular weight excluding hydrogens is 434 g/mol. The molecule has 2 unspecified atom stereocenters. The fourth-order valence-electron chi connectivity index (χ4n) is 7.23. The molecule has 162 valence electrons. The quantitative estimate of drug-likeness (QED) is 0.594. The summed E-state index contributed by atoms with van der Waals surface area (Å²) in [6.07, 6.45) is 8.40. The van der Waals surface area contributed by atoms with Gasteiger partial charge in [0.25, 0.3) is 0 Å². The van der Waals surface area contributed by atoms with Gasteiger partial charge in [0, 0.05) is 50.0 Å². The number of hydrogen-bond acceptors (Lipinski definition) is 4. The van der Waals surface area contributed by atoms with Crippen molar-refractivity contribution in [2.45, 2.75) is 49.3 Å². The van der Waals surface area contributed by atoms with Crippen LogP contribution < -0.4 is 0 Å². The Morgan fingerprint density at radius 1 is 0.862 bits per heavy atom. The SMILES string of the molecule is O=C(CN1CCOCC1)N1CCN(C(=O)CC23CC4CC(CC(Br)(C4)C2)C3)CC1. The van der Waals surface area contributed by atoms with Crippen LogP contribution in [0.2, 0.25) is 0 Å². The van der Waals surface area contributed by atoms with E-state index in [1.807, 2.05) is 9.80 Å². The zero-order valence-corrected chi connectivity index (χ0v) is 19.0. The number of hydrogen-bond donors (Lipinski definition) is 0. The molecule has 0 aromatic rings. The standard InChI is InChI=1S/C22H34BrN3O3/c23-22-12-17-9-18(13-22)11-21(10-17,16-22)14-19(27)25-1-3-26(4-2-25)20(28)15-24-5-7-29-8-6-24/h17-18H,1-16H2. The van der Waals surface area contributed by atoms with Gasteiger partial charge in [-0.3, -0.25) is 14.5 Å².